The van der Waals surface area contributed by atoms with Crippen LogP contribution < -0.4 is 0 Å². The first kappa shape index (κ1) is 17.0. The summed E-state index contributed by atoms with van der Waals surface area (Å²) < 4.78 is 0. The average molecular weight is 341 g/mol. The Morgan fingerprint density at radius 2 is 1.76 bits per heavy atom. The molecule has 0 bridgehead atoms. The molecule has 1 aromatic rings. The average Bonchev–Trinajstić information content (AvgIpc) is 3.39. The summed E-state index contributed by atoms with van der Waals surface area (Å²) in [7, 11) is 0. The standard InChI is InChI=1S/C21H31N3O/c25-21(12-17-4-2-1-3-5-17)24-15-20(16-24)23(13-18-6-7-18)14-19-8-10-22-11-9-19/h8-11,17-18,20H,1-7,12-16H2. The predicted molar refractivity (Wildman–Crippen MR) is 98.9 cm³/mol. The third kappa shape index (κ3) is 4.60. The van der Waals surface area contributed by atoms with E-state index in [1.54, 1.807) is 0 Å². The molecule has 1 saturated heterocycles. The Kier molecular flexibility index (Phi) is 5.35. The molecule has 1 amide bonds. The SMILES string of the molecule is O=C(CC1CCCCC1)N1CC(N(Cc2ccncc2)CC2CC2)C1. The highest BCUT2D eigenvalue weighted by Crippen LogP contribution is 2.33. The molecule has 2 heterocycles. The number of hydrogen-bond acceptors (Lipinski definition) is 3. The molecule has 0 aromatic carbocycles. The summed E-state index contributed by atoms with van der Waals surface area (Å²) in [5.74, 6) is 1.94. The van der Waals surface area contributed by atoms with E-state index in [0.717, 1.165) is 32.0 Å². The largest absolute Gasteiger partial charge is 0.339 e. The first-order valence-electron chi connectivity index (χ1n) is 10.2. The predicted octanol–water partition coefficient (Wildman–Crippen LogP) is 3.47. The van der Waals surface area contributed by atoms with E-state index in [-0.39, 0.29) is 0 Å². The molecule has 2 aliphatic carbocycles. The lowest BCUT2D eigenvalue weighted by atomic mass is 9.86. The number of aromatic nitrogens is 1. The minimum Gasteiger partial charge on any atom is -0.339 e. The van der Waals surface area contributed by atoms with Crippen LogP contribution in [0.5, 0.6) is 0 Å². The van der Waals surface area contributed by atoms with Crippen LogP contribution in [0.25, 0.3) is 0 Å². The fraction of sp³-hybridized carbons (Fsp3) is 0.714. The van der Waals surface area contributed by atoms with Gasteiger partial charge in [0.25, 0.3) is 0 Å². The van der Waals surface area contributed by atoms with Crippen LogP contribution >= 0.6 is 0 Å². The minimum atomic E-state index is 0.401. The summed E-state index contributed by atoms with van der Waals surface area (Å²) >= 11 is 0. The summed E-state index contributed by atoms with van der Waals surface area (Å²) in [4.78, 5) is 21.4. The van der Waals surface area contributed by atoms with Crippen molar-refractivity contribution in [2.75, 3.05) is 19.6 Å². The molecule has 25 heavy (non-hydrogen) atoms. The fourth-order valence-corrected chi connectivity index (χ4v) is 4.35. The fourth-order valence-electron chi connectivity index (χ4n) is 4.35. The maximum Gasteiger partial charge on any atom is 0.222 e. The maximum absolute atomic E-state index is 12.6. The van der Waals surface area contributed by atoms with Gasteiger partial charge >= 0.3 is 0 Å². The van der Waals surface area contributed by atoms with Crippen LogP contribution in [0.15, 0.2) is 24.5 Å². The van der Waals surface area contributed by atoms with Gasteiger partial charge in [-0.3, -0.25) is 14.7 Å². The van der Waals surface area contributed by atoms with E-state index in [4.69, 9.17) is 0 Å². The zero-order valence-electron chi connectivity index (χ0n) is 15.3. The van der Waals surface area contributed by atoms with E-state index in [1.165, 1.54) is 57.1 Å². The monoisotopic (exact) mass is 341 g/mol. The Labute approximate surface area is 151 Å². The molecule has 136 valence electrons. The van der Waals surface area contributed by atoms with E-state index >= 15 is 0 Å². The molecule has 4 rings (SSSR count). The number of rotatable bonds is 7. The summed E-state index contributed by atoms with van der Waals surface area (Å²) in [6.45, 7) is 4.05. The third-order valence-electron chi connectivity index (χ3n) is 6.24. The summed E-state index contributed by atoms with van der Waals surface area (Å²) in [5, 5.41) is 0. The zero-order chi connectivity index (χ0) is 17.1. The van der Waals surface area contributed by atoms with Crippen molar-refractivity contribution in [1.29, 1.82) is 0 Å². The van der Waals surface area contributed by atoms with Crippen LogP contribution in [0, 0.1) is 11.8 Å². The van der Waals surface area contributed by atoms with Gasteiger partial charge in [-0.15, -0.1) is 0 Å². The lowest BCUT2D eigenvalue weighted by Crippen LogP contribution is -2.61. The molecule has 1 aromatic heterocycles. The van der Waals surface area contributed by atoms with E-state index in [1.807, 2.05) is 12.4 Å². The summed E-state index contributed by atoms with van der Waals surface area (Å²) in [6, 6.07) is 4.78. The van der Waals surface area contributed by atoms with Crippen molar-refractivity contribution < 1.29 is 4.79 Å². The number of carbonyl (C=O) groups is 1. The van der Waals surface area contributed by atoms with Crippen LogP contribution in [0.3, 0.4) is 0 Å². The molecule has 2 saturated carbocycles. The minimum absolute atomic E-state index is 0.401. The van der Waals surface area contributed by atoms with Crippen molar-refractivity contribution in [3.63, 3.8) is 0 Å². The molecule has 4 nitrogen and oxygen atoms in total. The number of likely N-dealkylation sites (tertiary alicyclic amines) is 1. The number of hydrogen-bond donors (Lipinski definition) is 0. The molecule has 1 aliphatic heterocycles. The maximum atomic E-state index is 12.6. The van der Waals surface area contributed by atoms with E-state index in [9.17, 15) is 4.79 Å². The second kappa shape index (κ2) is 7.86. The highest BCUT2D eigenvalue weighted by molar-refractivity contribution is 5.77. The van der Waals surface area contributed by atoms with Gasteiger partial charge in [-0.1, -0.05) is 19.3 Å². The molecule has 3 fully saturated rings. The van der Waals surface area contributed by atoms with Crippen molar-refractivity contribution in [3.05, 3.63) is 30.1 Å². The van der Waals surface area contributed by atoms with Crippen molar-refractivity contribution in [2.45, 2.75) is 64.0 Å². The first-order chi connectivity index (χ1) is 12.3. The van der Waals surface area contributed by atoms with Gasteiger partial charge < -0.3 is 4.90 Å². The number of nitrogens with zero attached hydrogens (tertiary/aromatic N) is 3. The van der Waals surface area contributed by atoms with E-state index in [0.29, 0.717) is 17.9 Å². The van der Waals surface area contributed by atoms with Crippen LogP contribution in [0.1, 0.15) is 56.9 Å². The number of amides is 1. The van der Waals surface area contributed by atoms with Gasteiger partial charge in [0.15, 0.2) is 0 Å². The normalized spacial score (nSPS) is 22.2. The molecular weight excluding hydrogens is 310 g/mol. The van der Waals surface area contributed by atoms with Crippen molar-refractivity contribution in [1.82, 2.24) is 14.8 Å². The second-order valence-corrected chi connectivity index (χ2v) is 8.39. The van der Waals surface area contributed by atoms with Gasteiger partial charge in [0.2, 0.25) is 5.91 Å². The molecule has 4 heteroatoms. The van der Waals surface area contributed by atoms with Crippen molar-refractivity contribution >= 4 is 5.91 Å². The van der Waals surface area contributed by atoms with Crippen molar-refractivity contribution in [2.24, 2.45) is 11.8 Å². The Balaban J connectivity index is 1.27. The number of carbonyl (C=O) groups excluding carboxylic acids is 1. The first-order valence-corrected chi connectivity index (χ1v) is 10.2. The molecular formula is C21H31N3O. The Bertz CT molecular complexity index is 560. The van der Waals surface area contributed by atoms with Gasteiger partial charge in [-0.2, -0.15) is 0 Å². The van der Waals surface area contributed by atoms with E-state index in [2.05, 4.69) is 26.9 Å². The van der Waals surface area contributed by atoms with Gasteiger partial charge in [-0.25, -0.2) is 0 Å². The highest BCUT2D eigenvalue weighted by atomic mass is 16.2. The molecule has 0 N–H and O–H groups in total. The smallest absolute Gasteiger partial charge is 0.222 e. The molecule has 0 radical (unpaired) electrons. The molecule has 0 spiro atoms. The van der Waals surface area contributed by atoms with Crippen LogP contribution in [-0.4, -0.2) is 46.4 Å². The van der Waals surface area contributed by atoms with Crippen LogP contribution in [0.4, 0.5) is 0 Å². The quantitative estimate of drug-likeness (QED) is 0.762. The Hall–Kier alpha value is -1.42. The lowest BCUT2D eigenvalue weighted by Gasteiger charge is -2.46. The highest BCUT2D eigenvalue weighted by Gasteiger charge is 2.37. The second-order valence-electron chi connectivity index (χ2n) is 8.39. The Morgan fingerprint density at radius 1 is 1.04 bits per heavy atom. The topological polar surface area (TPSA) is 36.4 Å². The van der Waals surface area contributed by atoms with Crippen molar-refractivity contribution in [3.8, 4) is 0 Å². The van der Waals surface area contributed by atoms with Gasteiger partial charge in [0.05, 0.1) is 0 Å². The number of pyridine rings is 1. The summed E-state index contributed by atoms with van der Waals surface area (Å²) in [6.07, 6.45) is 13.8. The van der Waals surface area contributed by atoms with Gasteiger partial charge in [-0.05, 0) is 55.2 Å². The Morgan fingerprint density at radius 3 is 2.44 bits per heavy atom. The molecule has 0 unspecified atom stereocenters. The molecule has 0 atom stereocenters. The zero-order valence-corrected chi connectivity index (χ0v) is 15.3. The van der Waals surface area contributed by atoms with Gasteiger partial charge in [0, 0.05) is 51.0 Å². The van der Waals surface area contributed by atoms with Crippen LogP contribution in [0.2, 0.25) is 0 Å². The van der Waals surface area contributed by atoms with Crippen LogP contribution in [-0.2, 0) is 11.3 Å². The third-order valence-corrected chi connectivity index (χ3v) is 6.24. The van der Waals surface area contributed by atoms with Gasteiger partial charge in [0.1, 0.15) is 0 Å². The lowest BCUT2D eigenvalue weighted by molar-refractivity contribution is -0.140. The van der Waals surface area contributed by atoms with E-state index < -0.39 is 0 Å². The molecule has 3 aliphatic rings. The summed E-state index contributed by atoms with van der Waals surface area (Å²) in [5.41, 5.74) is 1.34.